The molecule has 3 N–H and O–H groups in total. The zero-order valence-electron chi connectivity index (χ0n) is 10.4. The Morgan fingerprint density at radius 1 is 1.21 bits per heavy atom. The summed E-state index contributed by atoms with van der Waals surface area (Å²) in [4.78, 5) is 12.0. The molecule has 5 nitrogen and oxygen atoms in total. The minimum Gasteiger partial charge on any atom is -0.326 e. The van der Waals surface area contributed by atoms with E-state index in [4.69, 9.17) is 5.14 Å². The monoisotopic (exact) mass is 280 g/mol. The van der Waals surface area contributed by atoms with Crippen LogP contribution in [0, 0.1) is 5.92 Å². The van der Waals surface area contributed by atoms with Crippen LogP contribution in [0.1, 0.15) is 19.3 Å². The van der Waals surface area contributed by atoms with Crippen molar-refractivity contribution in [3.05, 3.63) is 36.4 Å². The smallest absolute Gasteiger partial charge is 0.238 e. The van der Waals surface area contributed by atoms with Crippen LogP contribution in [-0.2, 0) is 14.8 Å². The van der Waals surface area contributed by atoms with E-state index in [9.17, 15) is 13.2 Å². The second-order valence-electron chi connectivity index (χ2n) is 4.54. The molecule has 1 aliphatic carbocycles. The molecule has 19 heavy (non-hydrogen) atoms. The van der Waals surface area contributed by atoms with Gasteiger partial charge in [0, 0.05) is 11.6 Å². The van der Waals surface area contributed by atoms with Gasteiger partial charge < -0.3 is 5.32 Å². The number of carbonyl (C=O) groups excluding carboxylic acids is 1. The minimum atomic E-state index is -3.69. The van der Waals surface area contributed by atoms with Gasteiger partial charge in [-0.2, -0.15) is 0 Å². The van der Waals surface area contributed by atoms with Crippen LogP contribution >= 0.6 is 0 Å². The highest BCUT2D eigenvalue weighted by atomic mass is 32.2. The van der Waals surface area contributed by atoms with Crippen LogP contribution in [0.5, 0.6) is 0 Å². The maximum atomic E-state index is 12.0. The van der Waals surface area contributed by atoms with Gasteiger partial charge in [-0.05, 0) is 43.5 Å². The van der Waals surface area contributed by atoms with Crippen LogP contribution in [0.4, 0.5) is 5.69 Å². The van der Waals surface area contributed by atoms with Crippen molar-refractivity contribution in [3.8, 4) is 0 Å². The fourth-order valence-electron chi connectivity index (χ4n) is 2.00. The molecule has 0 radical (unpaired) electrons. The molecule has 0 heterocycles. The Morgan fingerprint density at radius 3 is 2.42 bits per heavy atom. The Bertz CT molecular complexity index is 591. The van der Waals surface area contributed by atoms with Crippen LogP contribution < -0.4 is 10.5 Å². The topological polar surface area (TPSA) is 89.3 Å². The van der Waals surface area contributed by atoms with Crippen molar-refractivity contribution in [2.75, 3.05) is 5.32 Å². The fourth-order valence-corrected chi connectivity index (χ4v) is 2.52. The molecular formula is C13H16N2O3S. The SMILES string of the molecule is NS(=O)(=O)c1ccc(NC(=O)C2CC=CCC2)cc1. The normalized spacial score (nSPS) is 19.1. The molecule has 1 aromatic carbocycles. The molecule has 1 aliphatic rings. The Morgan fingerprint density at radius 2 is 1.89 bits per heavy atom. The summed E-state index contributed by atoms with van der Waals surface area (Å²) in [5.41, 5.74) is 0.576. The first kappa shape index (κ1) is 13.8. The van der Waals surface area contributed by atoms with Gasteiger partial charge in [0.15, 0.2) is 0 Å². The largest absolute Gasteiger partial charge is 0.326 e. The Kier molecular flexibility index (Phi) is 4.01. The van der Waals surface area contributed by atoms with Crippen molar-refractivity contribution in [1.82, 2.24) is 0 Å². The van der Waals surface area contributed by atoms with Crippen molar-refractivity contribution in [2.24, 2.45) is 11.1 Å². The van der Waals surface area contributed by atoms with Gasteiger partial charge >= 0.3 is 0 Å². The highest BCUT2D eigenvalue weighted by molar-refractivity contribution is 7.89. The highest BCUT2D eigenvalue weighted by Gasteiger charge is 2.18. The number of sulfonamides is 1. The standard InChI is InChI=1S/C13H16N2O3S/c14-19(17,18)12-8-6-11(7-9-12)15-13(16)10-4-2-1-3-5-10/h1-2,6-10H,3-5H2,(H,15,16)(H2,14,17,18). The zero-order chi connectivity index (χ0) is 13.9. The number of allylic oxidation sites excluding steroid dienone is 2. The minimum absolute atomic E-state index is 0.0112. The first-order valence-corrected chi connectivity index (χ1v) is 7.60. The van der Waals surface area contributed by atoms with Gasteiger partial charge in [-0.1, -0.05) is 12.2 Å². The fraction of sp³-hybridized carbons (Fsp3) is 0.308. The number of benzene rings is 1. The van der Waals surface area contributed by atoms with Crippen LogP contribution in [0.15, 0.2) is 41.3 Å². The predicted molar refractivity (Wildman–Crippen MR) is 72.9 cm³/mol. The molecule has 6 heteroatoms. The first-order chi connectivity index (χ1) is 8.97. The summed E-state index contributed by atoms with van der Waals surface area (Å²) >= 11 is 0. The summed E-state index contributed by atoms with van der Waals surface area (Å²) in [7, 11) is -3.69. The molecular weight excluding hydrogens is 264 g/mol. The molecule has 0 aliphatic heterocycles. The first-order valence-electron chi connectivity index (χ1n) is 6.05. The summed E-state index contributed by atoms with van der Waals surface area (Å²) in [5, 5.41) is 7.78. The van der Waals surface area contributed by atoms with Gasteiger partial charge in [0.05, 0.1) is 4.90 Å². The number of amides is 1. The van der Waals surface area contributed by atoms with Gasteiger partial charge in [-0.25, -0.2) is 13.6 Å². The lowest BCUT2D eigenvalue weighted by Gasteiger charge is -2.17. The summed E-state index contributed by atoms with van der Waals surface area (Å²) in [6, 6.07) is 5.84. The van der Waals surface area contributed by atoms with Crippen LogP contribution in [0.2, 0.25) is 0 Å². The number of nitrogens with one attached hydrogen (secondary N) is 1. The molecule has 1 unspecified atom stereocenters. The van der Waals surface area contributed by atoms with Gasteiger partial charge in [0.1, 0.15) is 0 Å². The van der Waals surface area contributed by atoms with Crippen LogP contribution in [0.3, 0.4) is 0 Å². The van der Waals surface area contributed by atoms with E-state index in [1.54, 1.807) is 0 Å². The molecule has 0 fully saturated rings. The number of nitrogens with two attached hydrogens (primary N) is 1. The molecule has 0 aromatic heterocycles. The molecule has 1 atom stereocenters. The molecule has 0 bridgehead atoms. The molecule has 0 saturated carbocycles. The molecule has 2 rings (SSSR count). The average Bonchev–Trinajstić information content (AvgIpc) is 2.39. The summed E-state index contributed by atoms with van der Waals surface area (Å²) in [6.45, 7) is 0. The zero-order valence-corrected chi connectivity index (χ0v) is 11.2. The van der Waals surface area contributed by atoms with Crippen LogP contribution in [-0.4, -0.2) is 14.3 Å². The number of rotatable bonds is 3. The average molecular weight is 280 g/mol. The molecule has 102 valence electrons. The van der Waals surface area contributed by atoms with E-state index in [0.717, 1.165) is 19.3 Å². The van der Waals surface area contributed by atoms with E-state index in [-0.39, 0.29) is 16.7 Å². The van der Waals surface area contributed by atoms with E-state index in [2.05, 4.69) is 11.4 Å². The predicted octanol–water partition coefficient (Wildman–Crippen LogP) is 1.63. The van der Waals surface area contributed by atoms with E-state index >= 15 is 0 Å². The Balaban J connectivity index is 2.03. The van der Waals surface area contributed by atoms with Crippen molar-refractivity contribution in [3.63, 3.8) is 0 Å². The third-order valence-electron chi connectivity index (χ3n) is 3.09. The second-order valence-corrected chi connectivity index (χ2v) is 6.10. The molecule has 1 aromatic rings. The quantitative estimate of drug-likeness (QED) is 0.825. The maximum absolute atomic E-state index is 12.0. The summed E-state index contributed by atoms with van der Waals surface area (Å²) in [6.07, 6.45) is 6.60. The lowest BCUT2D eigenvalue weighted by Crippen LogP contribution is -2.23. The van der Waals surface area contributed by atoms with E-state index in [0.29, 0.717) is 5.69 Å². The lowest BCUT2D eigenvalue weighted by molar-refractivity contribution is -0.120. The van der Waals surface area contributed by atoms with Crippen molar-refractivity contribution in [2.45, 2.75) is 24.2 Å². The third kappa shape index (κ3) is 3.65. The van der Waals surface area contributed by atoms with E-state index in [1.165, 1.54) is 24.3 Å². The van der Waals surface area contributed by atoms with Gasteiger partial charge in [-0.3, -0.25) is 4.79 Å². The van der Waals surface area contributed by atoms with Crippen molar-refractivity contribution < 1.29 is 13.2 Å². The van der Waals surface area contributed by atoms with Crippen molar-refractivity contribution >= 4 is 21.6 Å². The molecule has 1 amide bonds. The van der Waals surface area contributed by atoms with Gasteiger partial charge in [0.2, 0.25) is 15.9 Å². The lowest BCUT2D eigenvalue weighted by atomic mass is 9.93. The summed E-state index contributed by atoms with van der Waals surface area (Å²) in [5.74, 6) is -0.0457. The Labute approximate surface area is 112 Å². The van der Waals surface area contributed by atoms with Gasteiger partial charge in [0.25, 0.3) is 0 Å². The third-order valence-corrected chi connectivity index (χ3v) is 4.02. The van der Waals surface area contributed by atoms with E-state index in [1.807, 2.05) is 6.08 Å². The summed E-state index contributed by atoms with van der Waals surface area (Å²) < 4.78 is 22.2. The van der Waals surface area contributed by atoms with Crippen molar-refractivity contribution in [1.29, 1.82) is 0 Å². The van der Waals surface area contributed by atoms with Gasteiger partial charge in [-0.15, -0.1) is 0 Å². The molecule has 0 spiro atoms. The highest BCUT2D eigenvalue weighted by Crippen LogP contribution is 2.20. The second kappa shape index (κ2) is 5.54. The number of hydrogen-bond donors (Lipinski definition) is 2. The number of anilines is 1. The maximum Gasteiger partial charge on any atom is 0.238 e. The van der Waals surface area contributed by atoms with E-state index < -0.39 is 10.0 Å². The number of carbonyl (C=O) groups is 1. The number of hydrogen-bond acceptors (Lipinski definition) is 3. The molecule has 0 saturated heterocycles. The number of primary sulfonamides is 1. The Hall–Kier alpha value is -1.66. The van der Waals surface area contributed by atoms with Crippen LogP contribution in [0.25, 0.3) is 0 Å².